The number of rotatable bonds is 9. The molecule has 0 radical (unpaired) electrons. The molecule has 38 heavy (non-hydrogen) atoms. The number of nitrogens with zero attached hydrogens (tertiary/aromatic N) is 1. The van der Waals surface area contributed by atoms with Crippen LogP contribution in [0, 0.1) is 0 Å². The molecule has 4 aromatic rings. The minimum Gasteiger partial charge on any atom is -0.492 e. The van der Waals surface area contributed by atoms with Gasteiger partial charge in [0.05, 0.1) is 24.5 Å². The van der Waals surface area contributed by atoms with Crippen molar-refractivity contribution >= 4 is 28.3 Å². The molecule has 0 bridgehead atoms. The van der Waals surface area contributed by atoms with E-state index in [0.29, 0.717) is 23.7 Å². The smallest absolute Gasteiger partial charge is 0.337 e. The molecule has 1 fully saturated rings. The first-order valence-corrected chi connectivity index (χ1v) is 12.4. The zero-order valence-electron chi connectivity index (χ0n) is 20.8. The molecule has 1 aliphatic rings. The summed E-state index contributed by atoms with van der Waals surface area (Å²) >= 11 is 0. The predicted molar refractivity (Wildman–Crippen MR) is 145 cm³/mol. The molecule has 2 N–H and O–H groups in total. The maximum absolute atomic E-state index is 12.6. The average Bonchev–Trinajstić information content (AvgIpc) is 2.94. The molecular formula is C30H28N2O6. The highest BCUT2D eigenvalue weighted by molar-refractivity contribution is 6.07. The number of anilines is 1. The lowest BCUT2D eigenvalue weighted by Gasteiger charge is -2.26. The largest absolute Gasteiger partial charge is 0.492 e. The number of benzene rings is 4. The van der Waals surface area contributed by atoms with E-state index >= 15 is 0 Å². The second-order valence-electron chi connectivity index (χ2n) is 8.90. The summed E-state index contributed by atoms with van der Waals surface area (Å²) < 4.78 is 17.3. The number of para-hydroxylation sites is 1. The van der Waals surface area contributed by atoms with Crippen molar-refractivity contribution in [1.29, 1.82) is 0 Å². The molecule has 0 aromatic heterocycles. The highest BCUT2D eigenvalue weighted by Gasteiger charge is 2.13. The molecule has 8 heteroatoms. The summed E-state index contributed by atoms with van der Waals surface area (Å²) in [6, 6.07) is 24.8. The topological polar surface area (TPSA) is 97.3 Å². The van der Waals surface area contributed by atoms with Crippen LogP contribution in [0.25, 0.3) is 10.8 Å². The minimum absolute atomic E-state index is 0.0313. The standard InChI is InChI=1S/C30H28N2O6/c33-29(31-28-4-2-1-3-27(28)30(34)35)21-5-9-24(10-6-21)38-26-12-8-22-19-25(11-7-23(22)20-26)37-18-15-32-13-16-36-17-14-32/h1-12,19-20H,13-18H2,(H,31,33)(H,34,35). The molecule has 8 nitrogen and oxygen atoms in total. The Bertz CT molecular complexity index is 1430. The van der Waals surface area contributed by atoms with E-state index in [-0.39, 0.29) is 11.3 Å². The Kier molecular flexibility index (Phi) is 7.82. The van der Waals surface area contributed by atoms with Crippen LogP contribution in [-0.2, 0) is 4.74 Å². The monoisotopic (exact) mass is 512 g/mol. The van der Waals surface area contributed by atoms with Crippen LogP contribution in [0.4, 0.5) is 5.69 Å². The number of nitrogens with one attached hydrogen (secondary N) is 1. The maximum Gasteiger partial charge on any atom is 0.337 e. The van der Waals surface area contributed by atoms with Crippen molar-refractivity contribution < 1.29 is 28.9 Å². The van der Waals surface area contributed by atoms with Gasteiger partial charge >= 0.3 is 5.97 Å². The number of carboxylic acids is 1. The van der Waals surface area contributed by atoms with Crippen molar-refractivity contribution in [2.24, 2.45) is 0 Å². The highest BCUT2D eigenvalue weighted by atomic mass is 16.5. The number of aromatic carboxylic acids is 1. The molecule has 5 rings (SSSR count). The normalized spacial score (nSPS) is 13.7. The SMILES string of the molecule is O=C(Nc1ccccc1C(=O)O)c1ccc(Oc2ccc3cc(OCCN4CCOCC4)ccc3c2)cc1. The van der Waals surface area contributed by atoms with E-state index in [4.69, 9.17) is 14.2 Å². The van der Waals surface area contributed by atoms with Gasteiger partial charge < -0.3 is 24.6 Å². The molecule has 4 aromatic carbocycles. The van der Waals surface area contributed by atoms with E-state index in [9.17, 15) is 14.7 Å². The summed E-state index contributed by atoms with van der Waals surface area (Å²) in [5, 5.41) is 14.0. The number of ether oxygens (including phenoxy) is 3. The van der Waals surface area contributed by atoms with Crippen LogP contribution in [0.3, 0.4) is 0 Å². The van der Waals surface area contributed by atoms with Crippen LogP contribution in [0.1, 0.15) is 20.7 Å². The second-order valence-corrected chi connectivity index (χ2v) is 8.90. The highest BCUT2D eigenvalue weighted by Crippen LogP contribution is 2.28. The van der Waals surface area contributed by atoms with Gasteiger partial charge in [0.15, 0.2) is 0 Å². The maximum atomic E-state index is 12.6. The van der Waals surface area contributed by atoms with E-state index in [1.807, 2.05) is 36.4 Å². The summed E-state index contributed by atoms with van der Waals surface area (Å²) in [5.41, 5.74) is 0.660. The lowest BCUT2D eigenvalue weighted by atomic mass is 10.1. The molecule has 0 saturated carbocycles. The molecule has 1 heterocycles. The Labute approximate surface area is 220 Å². The third kappa shape index (κ3) is 6.29. The predicted octanol–water partition coefficient (Wildman–Crippen LogP) is 5.29. The van der Waals surface area contributed by atoms with Crippen LogP contribution in [0.5, 0.6) is 17.2 Å². The zero-order valence-corrected chi connectivity index (χ0v) is 20.8. The molecule has 0 unspecified atom stereocenters. The molecule has 194 valence electrons. The Hall–Kier alpha value is -4.40. The fraction of sp³-hybridized carbons (Fsp3) is 0.200. The molecule has 1 amide bonds. The van der Waals surface area contributed by atoms with Crippen LogP contribution in [0.15, 0.2) is 84.9 Å². The van der Waals surface area contributed by atoms with E-state index in [0.717, 1.165) is 49.4 Å². The number of hydrogen-bond acceptors (Lipinski definition) is 6. The first-order chi connectivity index (χ1) is 18.5. The van der Waals surface area contributed by atoms with E-state index in [1.165, 1.54) is 6.07 Å². The van der Waals surface area contributed by atoms with Crippen LogP contribution < -0.4 is 14.8 Å². The van der Waals surface area contributed by atoms with Gasteiger partial charge in [0.25, 0.3) is 5.91 Å². The van der Waals surface area contributed by atoms with E-state index in [2.05, 4.69) is 10.2 Å². The van der Waals surface area contributed by atoms with Gasteiger partial charge in [0.2, 0.25) is 0 Å². The first-order valence-electron chi connectivity index (χ1n) is 12.4. The van der Waals surface area contributed by atoms with Crippen molar-refractivity contribution in [3.8, 4) is 17.2 Å². The fourth-order valence-corrected chi connectivity index (χ4v) is 4.26. The summed E-state index contributed by atoms with van der Waals surface area (Å²) in [7, 11) is 0. The third-order valence-electron chi connectivity index (χ3n) is 6.32. The Morgan fingerprint density at radius 3 is 2.24 bits per heavy atom. The minimum atomic E-state index is -1.10. The number of fused-ring (bicyclic) bond motifs is 1. The second kappa shape index (κ2) is 11.8. The Morgan fingerprint density at radius 1 is 0.842 bits per heavy atom. The number of amides is 1. The molecule has 0 aliphatic carbocycles. The van der Waals surface area contributed by atoms with Crippen molar-refractivity contribution in [2.45, 2.75) is 0 Å². The molecular weight excluding hydrogens is 484 g/mol. The summed E-state index contributed by atoms with van der Waals surface area (Å²) in [6.45, 7) is 4.96. The van der Waals surface area contributed by atoms with Crippen molar-refractivity contribution in [2.75, 3.05) is 44.8 Å². The number of hydrogen-bond donors (Lipinski definition) is 2. The summed E-state index contributed by atoms with van der Waals surface area (Å²) in [6.07, 6.45) is 0. The number of carboxylic acid groups (broad SMARTS) is 1. The van der Waals surface area contributed by atoms with E-state index in [1.54, 1.807) is 42.5 Å². The van der Waals surface area contributed by atoms with Gasteiger partial charge in [-0.2, -0.15) is 0 Å². The molecule has 0 atom stereocenters. The summed E-state index contributed by atoms with van der Waals surface area (Å²) in [4.78, 5) is 26.3. The first kappa shape index (κ1) is 25.3. The number of carbonyl (C=O) groups excluding carboxylic acids is 1. The van der Waals surface area contributed by atoms with Crippen molar-refractivity contribution in [3.05, 3.63) is 96.1 Å². The lowest BCUT2D eigenvalue weighted by molar-refractivity contribution is 0.0322. The third-order valence-corrected chi connectivity index (χ3v) is 6.32. The van der Waals surface area contributed by atoms with Gasteiger partial charge in [-0.15, -0.1) is 0 Å². The Morgan fingerprint density at radius 2 is 1.50 bits per heavy atom. The van der Waals surface area contributed by atoms with Gasteiger partial charge in [0.1, 0.15) is 23.9 Å². The van der Waals surface area contributed by atoms with Crippen LogP contribution >= 0.6 is 0 Å². The quantitative estimate of drug-likeness (QED) is 0.314. The van der Waals surface area contributed by atoms with Crippen LogP contribution in [0.2, 0.25) is 0 Å². The van der Waals surface area contributed by atoms with E-state index < -0.39 is 11.9 Å². The summed E-state index contributed by atoms with van der Waals surface area (Å²) in [5.74, 6) is 0.576. The van der Waals surface area contributed by atoms with Gasteiger partial charge in [0, 0.05) is 25.2 Å². The number of carbonyl (C=O) groups is 2. The average molecular weight is 513 g/mol. The molecule has 1 aliphatic heterocycles. The zero-order chi connectivity index (χ0) is 26.3. The van der Waals surface area contributed by atoms with Crippen LogP contribution in [-0.4, -0.2) is 61.3 Å². The number of morpholine rings is 1. The van der Waals surface area contributed by atoms with Crippen molar-refractivity contribution in [3.63, 3.8) is 0 Å². The van der Waals surface area contributed by atoms with Gasteiger partial charge in [-0.1, -0.05) is 24.3 Å². The fourth-order valence-electron chi connectivity index (χ4n) is 4.26. The molecule has 1 saturated heterocycles. The van der Waals surface area contributed by atoms with Gasteiger partial charge in [-0.3, -0.25) is 9.69 Å². The molecule has 0 spiro atoms. The Balaban J connectivity index is 1.18. The van der Waals surface area contributed by atoms with Crippen molar-refractivity contribution in [1.82, 2.24) is 4.90 Å². The van der Waals surface area contributed by atoms with Gasteiger partial charge in [-0.05, 0) is 71.4 Å². The van der Waals surface area contributed by atoms with Gasteiger partial charge in [-0.25, -0.2) is 4.79 Å². The lowest BCUT2D eigenvalue weighted by Crippen LogP contribution is -2.38.